The molecule has 0 saturated heterocycles. The third-order valence-electron chi connectivity index (χ3n) is 4.05. The lowest BCUT2D eigenvalue weighted by Gasteiger charge is -2.27. The normalized spacial score (nSPS) is 22.4. The fraction of sp³-hybridized carbons (Fsp3) is 0.562. The van der Waals surface area contributed by atoms with Gasteiger partial charge in [0.25, 0.3) is 0 Å². The van der Waals surface area contributed by atoms with Crippen LogP contribution in [0.25, 0.3) is 0 Å². The molecule has 1 aliphatic rings. The fourth-order valence-electron chi connectivity index (χ4n) is 2.70. The van der Waals surface area contributed by atoms with E-state index in [1.54, 1.807) is 0 Å². The number of carbonyl (C=O) groups is 1. The molecular formula is C16H24N2O2. The van der Waals surface area contributed by atoms with Crippen LogP contribution in [-0.4, -0.2) is 23.7 Å². The third kappa shape index (κ3) is 4.53. The van der Waals surface area contributed by atoms with Gasteiger partial charge in [-0.1, -0.05) is 25.0 Å². The Labute approximate surface area is 120 Å². The largest absolute Gasteiger partial charge is 0.399 e. The van der Waals surface area contributed by atoms with Gasteiger partial charge in [0.2, 0.25) is 5.91 Å². The number of rotatable bonds is 5. The lowest BCUT2D eigenvalue weighted by molar-refractivity contribution is -0.121. The summed E-state index contributed by atoms with van der Waals surface area (Å²) in [4.78, 5) is 11.8. The number of aliphatic hydroxyl groups excluding tert-OH is 1. The number of hydrogen-bond acceptors (Lipinski definition) is 3. The van der Waals surface area contributed by atoms with Gasteiger partial charge in [-0.15, -0.1) is 0 Å². The smallest absolute Gasteiger partial charge is 0.220 e. The minimum absolute atomic E-state index is 0.0552. The molecule has 2 atom stereocenters. The van der Waals surface area contributed by atoms with Gasteiger partial charge in [0.1, 0.15) is 0 Å². The van der Waals surface area contributed by atoms with E-state index in [0.29, 0.717) is 13.0 Å². The maximum absolute atomic E-state index is 11.8. The molecular weight excluding hydrogens is 252 g/mol. The van der Waals surface area contributed by atoms with Crippen LogP contribution in [-0.2, 0) is 11.2 Å². The number of nitrogens with one attached hydrogen (secondary N) is 1. The quantitative estimate of drug-likeness (QED) is 0.719. The van der Waals surface area contributed by atoms with Crippen molar-refractivity contribution >= 4 is 11.6 Å². The van der Waals surface area contributed by atoms with Gasteiger partial charge in [0.15, 0.2) is 0 Å². The summed E-state index contributed by atoms with van der Waals surface area (Å²) in [7, 11) is 0. The predicted octanol–water partition coefficient (Wildman–Crippen LogP) is 1.87. The molecule has 1 fully saturated rings. The Morgan fingerprint density at radius 1 is 1.25 bits per heavy atom. The molecule has 4 heteroatoms. The molecule has 1 aliphatic carbocycles. The molecule has 0 spiro atoms. The van der Waals surface area contributed by atoms with Crippen molar-refractivity contribution in [2.24, 2.45) is 5.92 Å². The zero-order chi connectivity index (χ0) is 14.4. The fourth-order valence-corrected chi connectivity index (χ4v) is 2.70. The first kappa shape index (κ1) is 14.9. The van der Waals surface area contributed by atoms with Crippen LogP contribution in [0.1, 0.15) is 37.7 Å². The highest BCUT2D eigenvalue weighted by Crippen LogP contribution is 2.23. The summed E-state index contributed by atoms with van der Waals surface area (Å²) in [5, 5.41) is 12.8. The van der Waals surface area contributed by atoms with E-state index in [1.165, 1.54) is 0 Å². The van der Waals surface area contributed by atoms with Gasteiger partial charge in [-0.05, 0) is 37.0 Å². The summed E-state index contributed by atoms with van der Waals surface area (Å²) >= 11 is 0. The number of aliphatic hydroxyl groups is 1. The van der Waals surface area contributed by atoms with E-state index < -0.39 is 0 Å². The molecule has 110 valence electrons. The monoisotopic (exact) mass is 276 g/mol. The molecule has 2 unspecified atom stereocenters. The summed E-state index contributed by atoms with van der Waals surface area (Å²) in [6.45, 7) is 0.599. The van der Waals surface area contributed by atoms with Crippen molar-refractivity contribution in [1.29, 1.82) is 0 Å². The van der Waals surface area contributed by atoms with Crippen LogP contribution in [0, 0.1) is 5.92 Å². The van der Waals surface area contributed by atoms with Gasteiger partial charge < -0.3 is 16.2 Å². The highest BCUT2D eigenvalue weighted by atomic mass is 16.3. The average molecular weight is 276 g/mol. The molecule has 0 aromatic heterocycles. The lowest BCUT2D eigenvalue weighted by atomic mass is 9.86. The summed E-state index contributed by atoms with van der Waals surface area (Å²) in [5.41, 5.74) is 7.48. The number of benzene rings is 1. The van der Waals surface area contributed by atoms with Crippen LogP contribution >= 0.6 is 0 Å². The molecule has 20 heavy (non-hydrogen) atoms. The van der Waals surface area contributed by atoms with Crippen molar-refractivity contribution in [2.75, 3.05) is 12.3 Å². The van der Waals surface area contributed by atoms with Crippen molar-refractivity contribution in [1.82, 2.24) is 5.32 Å². The zero-order valence-corrected chi connectivity index (χ0v) is 11.8. The Hall–Kier alpha value is -1.55. The Kier molecular flexibility index (Phi) is 5.41. The van der Waals surface area contributed by atoms with Gasteiger partial charge >= 0.3 is 0 Å². The first-order valence-corrected chi connectivity index (χ1v) is 7.44. The van der Waals surface area contributed by atoms with E-state index in [0.717, 1.165) is 43.4 Å². The van der Waals surface area contributed by atoms with Crippen LogP contribution in [0.3, 0.4) is 0 Å². The van der Waals surface area contributed by atoms with E-state index in [2.05, 4.69) is 5.32 Å². The van der Waals surface area contributed by atoms with Crippen molar-refractivity contribution < 1.29 is 9.90 Å². The molecule has 1 amide bonds. The molecule has 4 nitrogen and oxygen atoms in total. The average Bonchev–Trinajstić information content (AvgIpc) is 2.46. The highest BCUT2D eigenvalue weighted by Gasteiger charge is 2.23. The SMILES string of the molecule is Nc1ccc(CCC(=O)NCC2CCCCC2O)cc1. The van der Waals surface area contributed by atoms with E-state index in [4.69, 9.17) is 5.73 Å². The first-order chi connectivity index (χ1) is 9.65. The second-order valence-electron chi connectivity index (χ2n) is 5.66. The summed E-state index contributed by atoms with van der Waals surface area (Å²) < 4.78 is 0. The van der Waals surface area contributed by atoms with Crippen LogP contribution in [0.4, 0.5) is 5.69 Å². The Balaban J connectivity index is 1.68. The third-order valence-corrected chi connectivity index (χ3v) is 4.05. The van der Waals surface area contributed by atoms with Crippen molar-refractivity contribution in [3.63, 3.8) is 0 Å². The minimum atomic E-state index is -0.249. The lowest BCUT2D eigenvalue weighted by Crippen LogP contribution is -2.36. The van der Waals surface area contributed by atoms with Gasteiger partial charge in [-0.25, -0.2) is 0 Å². The molecule has 1 aromatic rings. The number of hydrogen-bond donors (Lipinski definition) is 3. The standard InChI is InChI=1S/C16H24N2O2/c17-14-8-5-12(6-9-14)7-10-16(20)18-11-13-3-1-2-4-15(13)19/h5-6,8-9,13,15,19H,1-4,7,10-11,17H2,(H,18,20). The number of amides is 1. The van der Waals surface area contributed by atoms with Crippen LogP contribution in [0.15, 0.2) is 24.3 Å². The number of carbonyl (C=O) groups excluding carboxylic acids is 1. The minimum Gasteiger partial charge on any atom is -0.399 e. The van der Waals surface area contributed by atoms with E-state index in [9.17, 15) is 9.90 Å². The second-order valence-corrected chi connectivity index (χ2v) is 5.66. The van der Waals surface area contributed by atoms with Gasteiger partial charge in [-0.3, -0.25) is 4.79 Å². The zero-order valence-electron chi connectivity index (χ0n) is 11.8. The first-order valence-electron chi connectivity index (χ1n) is 7.44. The van der Waals surface area contributed by atoms with Crippen molar-refractivity contribution in [3.8, 4) is 0 Å². The number of aryl methyl sites for hydroxylation is 1. The van der Waals surface area contributed by atoms with Crippen LogP contribution < -0.4 is 11.1 Å². The van der Waals surface area contributed by atoms with Gasteiger partial charge in [0, 0.05) is 24.6 Å². The summed E-state index contributed by atoms with van der Waals surface area (Å²) in [6, 6.07) is 7.61. The predicted molar refractivity (Wildman–Crippen MR) is 80.1 cm³/mol. The van der Waals surface area contributed by atoms with Gasteiger partial charge in [0.05, 0.1) is 6.10 Å². The Morgan fingerprint density at radius 2 is 1.95 bits per heavy atom. The maximum atomic E-state index is 11.8. The Bertz CT molecular complexity index is 431. The van der Waals surface area contributed by atoms with Crippen molar-refractivity contribution in [3.05, 3.63) is 29.8 Å². The van der Waals surface area contributed by atoms with Crippen LogP contribution in [0.5, 0.6) is 0 Å². The van der Waals surface area contributed by atoms with E-state index in [-0.39, 0.29) is 17.9 Å². The molecule has 0 bridgehead atoms. The van der Waals surface area contributed by atoms with E-state index >= 15 is 0 Å². The van der Waals surface area contributed by atoms with Crippen LogP contribution in [0.2, 0.25) is 0 Å². The van der Waals surface area contributed by atoms with E-state index in [1.807, 2.05) is 24.3 Å². The number of nitrogens with two attached hydrogens (primary N) is 1. The number of nitrogen functional groups attached to an aromatic ring is 1. The van der Waals surface area contributed by atoms with Gasteiger partial charge in [-0.2, -0.15) is 0 Å². The molecule has 0 radical (unpaired) electrons. The molecule has 1 saturated carbocycles. The molecule has 4 N–H and O–H groups in total. The molecule has 2 rings (SSSR count). The Morgan fingerprint density at radius 3 is 2.65 bits per heavy atom. The topological polar surface area (TPSA) is 75.4 Å². The summed E-state index contributed by atoms with van der Waals surface area (Å²) in [6.07, 6.45) is 5.09. The molecule has 1 aromatic carbocycles. The number of anilines is 1. The van der Waals surface area contributed by atoms with Crippen molar-refractivity contribution in [2.45, 2.75) is 44.6 Å². The molecule has 0 aliphatic heterocycles. The second kappa shape index (κ2) is 7.29. The highest BCUT2D eigenvalue weighted by molar-refractivity contribution is 5.76. The molecule has 0 heterocycles. The maximum Gasteiger partial charge on any atom is 0.220 e. The summed E-state index contributed by atoms with van der Waals surface area (Å²) in [5.74, 6) is 0.281.